The van der Waals surface area contributed by atoms with E-state index < -0.39 is 0 Å². The Kier molecular flexibility index (Phi) is 2.44. The van der Waals surface area contributed by atoms with Crippen molar-refractivity contribution in [2.24, 2.45) is 5.92 Å². The minimum absolute atomic E-state index is 0.0168. The Bertz CT molecular complexity index is 190. The summed E-state index contributed by atoms with van der Waals surface area (Å²) in [4.78, 5) is 13.0. The topological polar surface area (TPSA) is 20.3 Å². The Labute approximate surface area is 81.3 Å². The van der Waals surface area contributed by atoms with E-state index in [-0.39, 0.29) is 11.1 Å². The maximum Gasteiger partial charge on any atom is 0.210 e. The predicted molar refractivity (Wildman–Crippen MR) is 54.5 cm³/mol. The zero-order chi connectivity index (χ0) is 10.3. The Morgan fingerprint density at radius 1 is 1.15 bits per heavy atom. The van der Waals surface area contributed by atoms with Crippen molar-refractivity contribution in [2.45, 2.75) is 58.5 Å². The summed E-state index contributed by atoms with van der Waals surface area (Å²) in [5.74, 6) is 0.709. The van der Waals surface area contributed by atoms with Crippen molar-refractivity contribution in [1.82, 2.24) is 4.90 Å². The zero-order valence-electron chi connectivity index (χ0n) is 9.42. The van der Waals surface area contributed by atoms with Gasteiger partial charge in [-0.3, -0.25) is 4.79 Å². The predicted octanol–water partition coefficient (Wildman–Crippen LogP) is 2.43. The molecule has 0 unspecified atom stereocenters. The van der Waals surface area contributed by atoms with E-state index >= 15 is 0 Å². The van der Waals surface area contributed by atoms with Crippen LogP contribution in [0.1, 0.15) is 47.5 Å². The average Bonchev–Trinajstić information content (AvgIpc) is 1.79. The van der Waals surface area contributed by atoms with Gasteiger partial charge in [0.2, 0.25) is 6.41 Å². The first-order valence-corrected chi connectivity index (χ1v) is 5.04. The Balaban J connectivity index is 2.94. The maximum atomic E-state index is 11.0. The van der Waals surface area contributed by atoms with Crippen molar-refractivity contribution in [2.75, 3.05) is 0 Å². The van der Waals surface area contributed by atoms with Crippen LogP contribution in [0.5, 0.6) is 0 Å². The molecule has 1 saturated heterocycles. The van der Waals surface area contributed by atoms with E-state index in [1.54, 1.807) is 0 Å². The van der Waals surface area contributed by atoms with Crippen molar-refractivity contribution in [3.05, 3.63) is 0 Å². The summed E-state index contributed by atoms with van der Waals surface area (Å²) in [6.45, 7) is 10.9. The highest BCUT2D eigenvalue weighted by Crippen LogP contribution is 2.39. The van der Waals surface area contributed by atoms with Crippen LogP contribution in [0.2, 0.25) is 0 Å². The quantitative estimate of drug-likeness (QED) is 0.572. The lowest BCUT2D eigenvalue weighted by Gasteiger charge is -2.53. The van der Waals surface area contributed by atoms with Crippen molar-refractivity contribution in [3.8, 4) is 0 Å². The molecule has 0 radical (unpaired) electrons. The molecule has 0 bridgehead atoms. The van der Waals surface area contributed by atoms with Gasteiger partial charge in [0.15, 0.2) is 0 Å². The first-order valence-electron chi connectivity index (χ1n) is 5.04. The normalized spacial score (nSPS) is 27.3. The Morgan fingerprint density at radius 3 is 1.85 bits per heavy atom. The molecule has 0 aromatic carbocycles. The van der Waals surface area contributed by atoms with Crippen LogP contribution in [0.15, 0.2) is 0 Å². The number of nitrogens with zero attached hydrogens (tertiary/aromatic N) is 1. The number of hydrogen-bond acceptors (Lipinski definition) is 1. The van der Waals surface area contributed by atoms with E-state index in [9.17, 15) is 4.79 Å². The third-order valence-corrected chi connectivity index (χ3v) is 3.11. The molecule has 1 fully saturated rings. The van der Waals surface area contributed by atoms with Gasteiger partial charge in [0.1, 0.15) is 0 Å². The van der Waals surface area contributed by atoms with Gasteiger partial charge in [-0.05, 0) is 46.5 Å². The summed E-state index contributed by atoms with van der Waals surface area (Å²) in [7, 11) is 0. The molecule has 1 aliphatic rings. The Hall–Kier alpha value is -0.530. The van der Waals surface area contributed by atoms with E-state index in [0.29, 0.717) is 5.92 Å². The van der Waals surface area contributed by atoms with Crippen molar-refractivity contribution < 1.29 is 4.79 Å². The lowest BCUT2D eigenvalue weighted by Crippen LogP contribution is -2.59. The molecule has 0 aliphatic carbocycles. The monoisotopic (exact) mass is 183 g/mol. The van der Waals surface area contributed by atoms with Gasteiger partial charge in [0.05, 0.1) is 0 Å². The molecule has 0 aromatic rings. The number of piperidine rings is 1. The molecular weight excluding hydrogens is 162 g/mol. The summed E-state index contributed by atoms with van der Waals surface area (Å²) in [6, 6.07) is 0. The van der Waals surface area contributed by atoms with Crippen molar-refractivity contribution in [1.29, 1.82) is 0 Å². The van der Waals surface area contributed by atoms with Gasteiger partial charge in [0.25, 0.3) is 0 Å². The lowest BCUT2D eigenvalue weighted by molar-refractivity contribution is -0.136. The molecule has 0 atom stereocenters. The summed E-state index contributed by atoms with van der Waals surface area (Å²) >= 11 is 0. The minimum atomic E-state index is 0.0168. The van der Waals surface area contributed by atoms with Crippen LogP contribution in [0.25, 0.3) is 0 Å². The highest BCUT2D eigenvalue weighted by atomic mass is 16.1. The number of amides is 1. The molecule has 0 saturated carbocycles. The number of carbonyl (C=O) groups is 1. The molecule has 2 heteroatoms. The fourth-order valence-corrected chi connectivity index (χ4v) is 3.08. The number of hydrogen-bond donors (Lipinski definition) is 0. The molecule has 76 valence electrons. The average molecular weight is 183 g/mol. The molecule has 0 spiro atoms. The highest BCUT2D eigenvalue weighted by Gasteiger charge is 2.42. The van der Waals surface area contributed by atoms with Gasteiger partial charge in [-0.25, -0.2) is 0 Å². The van der Waals surface area contributed by atoms with Crippen molar-refractivity contribution >= 4 is 6.41 Å². The first kappa shape index (κ1) is 10.6. The van der Waals surface area contributed by atoms with Gasteiger partial charge in [0, 0.05) is 11.1 Å². The molecule has 13 heavy (non-hydrogen) atoms. The van der Waals surface area contributed by atoms with Crippen LogP contribution >= 0.6 is 0 Å². The summed E-state index contributed by atoms with van der Waals surface area (Å²) in [5, 5.41) is 0. The van der Waals surface area contributed by atoms with Gasteiger partial charge in [-0.2, -0.15) is 0 Å². The van der Waals surface area contributed by atoms with E-state index in [1.807, 2.05) is 4.90 Å². The van der Waals surface area contributed by atoms with Crippen LogP contribution in [0.3, 0.4) is 0 Å². The second-order valence-corrected chi connectivity index (χ2v) is 5.61. The van der Waals surface area contributed by atoms with E-state index in [0.717, 1.165) is 19.3 Å². The number of carbonyl (C=O) groups excluding carboxylic acids is 1. The van der Waals surface area contributed by atoms with E-state index in [2.05, 4.69) is 34.6 Å². The SMILES string of the molecule is CC1CC(C)(C)N(C=O)C(C)(C)C1. The fourth-order valence-electron chi connectivity index (χ4n) is 3.08. The van der Waals surface area contributed by atoms with E-state index in [1.165, 1.54) is 0 Å². The van der Waals surface area contributed by atoms with Crippen LogP contribution in [-0.2, 0) is 4.79 Å². The molecule has 2 nitrogen and oxygen atoms in total. The third kappa shape index (κ3) is 1.87. The third-order valence-electron chi connectivity index (χ3n) is 3.11. The molecule has 0 N–H and O–H groups in total. The van der Waals surface area contributed by atoms with Gasteiger partial charge >= 0.3 is 0 Å². The van der Waals surface area contributed by atoms with E-state index in [4.69, 9.17) is 0 Å². The molecule has 1 rings (SSSR count). The lowest BCUT2D eigenvalue weighted by atomic mass is 9.75. The van der Waals surface area contributed by atoms with Crippen LogP contribution in [0.4, 0.5) is 0 Å². The highest BCUT2D eigenvalue weighted by molar-refractivity contribution is 5.51. The van der Waals surface area contributed by atoms with Crippen LogP contribution in [-0.4, -0.2) is 22.4 Å². The molecular formula is C11H21NO. The molecule has 1 aliphatic heterocycles. The summed E-state index contributed by atoms with van der Waals surface area (Å²) < 4.78 is 0. The number of rotatable bonds is 1. The Morgan fingerprint density at radius 2 is 1.54 bits per heavy atom. The van der Waals surface area contributed by atoms with Gasteiger partial charge < -0.3 is 4.90 Å². The second kappa shape index (κ2) is 3.00. The van der Waals surface area contributed by atoms with Crippen LogP contribution < -0.4 is 0 Å². The fraction of sp³-hybridized carbons (Fsp3) is 0.909. The zero-order valence-corrected chi connectivity index (χ0v) is 9.42. The summed E-state index contributed by atoms with van der Waals surface area (Å²) in [6.07, 6.45) is 3.22. The minimum Gasteiger partial charge on any atom is -0.335 e. The molecule has 1 amide bonds. The second-order valence-electron chi connectivity index (χ2n) is 5.61. The first-order chi connectivity index (χ1) is 5.79. The standard InChI is InChI=1S/C11H21NO/c1-9-6-10(2,3)12(8-13)11(4,5)7-9/h8-9H,6-7H2,1-5H3. The maximum absolute atomic E-state index is 11.0. The van der Waals surface area contributed by atoms with Crippen LogP contribution in [0, 0.1) is 5.92 Å². The smallest absolute Gasteiger partial charge is 0.210 e. The van der Waals surface area contributed by atoms with Gasteiger partial charge in [-0.1, -0.05) is 6.92 Å². The number of likely N-dealkylation sites (tertiary alicyclic amines) is 1. The largest absolute Gasteiger partial charge is 0.335 e. The summed E-state index contributed by atoms with van der Waals surface area (Å²) in [5.41, 5.74) is 0.0336. The molecule has 1 heterocycles. The van der Waals surface area contributed by atoms with Gasteiger partial charge in [-0.15, -0.1) is 0 Å². The molecule has 0 aromatic heterocycles. The van der Waals surface area contributed by atoms with Crippen molar-refractivity contribution in [3.63, 3.8) is 0 Å².